The number of phenols is 1. The van der Waals surface area contributed by atoms with Gasteiger partial charge in [-0.3, -0.25) is 4.79 Å². The SMILES string of the molecule is CCC(N)C(=O)N(C)Cc1ccc(O)cc1. The standard InChI is InChI=1S/C12H18N2O2/c1-3-11(13)12(16)14(2)8-9-4-6-10(15)7-5-9/h4-7,11,15H,3,8,13H2,1-2H3. The molecule has 0 heterocycles. The van der Waals surface area contributed by atoms with Crippen LogP contribution in [-0.2, 0) is 11.3 Å². The van der Waals surface area contributed by atoms with Gasteiger partial charge in [0.25, 0.3) is 0 Å². The van der Waals surface area contributed by atoms with E-state index in [1.165, 1.54) is 0 Å². The van der Waals surface area contributed by atoms with Crippen molar-refractivity contribution in [1.29, 1.82) is 0 Å². The first-order chi connectivity index (χ1) is 7.54. The van der Waals surface area contributed by atoms with E-state index in [1.807, 2.05) is 6.92 Å². The molecule has 1 aromatic carbocycles. The van der Waals surface area contributed by atoms with Crippen LogP contribution in [-0.4, -0.2) is 29.0 Å². The lowest BCUT2D eigenvalue weighted by atomic mass is 10.1. The number of amides is 1. The van der Waals surface area contributed by atoms with Gasteiger partial charge in [-0.25, -0.2) is 0 Å². The van der Waals surface area contributed by atoms with Gasteiger partial charge in [0, 0.05) is 13.6 Å². The lowest BCUT2D eigenvalue weighted by molar-refractivity contribution is -0.131. The average molecular weight is 222 g/mol. The number of nitrogens with two attached hydrogens (primary N) is 1. The molecule has 0 bridgehead atoms. The molecule has 0 aliphatic heterocycles. The molecule has 16 heavy (non-hydrogen) atoms. The first-order valence-electron chi connectivity index (χ1n) is 5.33. The summed E-state index contributed by atoms with van der Waals surface area (Å²) in [6, 6.07) is 6.36. The van der Waals surface area contributed by atoms with E-state index in [0.717, 1.165) is 5.56 Å². The summed E-state index contributed by atoms with van der Waals surface area (Å²) in [4.78, 5) is 13.3. The number of nitrogens with zero attached hydrogens (tertiary/aromatic N) is 1. The van der Waals surface area contributed by atoms with E-state index in [2.05, 4.69) is 0 Å². The predicted octanol–water partition coefficient (Wildman–Crippen LogP) is 1.09. The Labute approximate surface area is 95.7 Å². The predicted molar refractivity (Wildman–Crippen MR) is 62.8 cm³/mol. The molecule has 1 unspecified atom stereocenters. The maximum absolute atomic E-state index is 11.7. The van der Waals surface area contributed by atoms with E-state index in [0.29, 0.717) is 13.0 Å². The Kier molecular flexibility index (Phi) is 4.31. The first-order valence-corrected chi connectivity index (χ1v) is 5.33. The normalized spacial score (nSPS) is 12.2. The summed E-state index contributed by atoms with van der Waals surface area (Å²) in [5.41, 5.74) is 6.63. The molecule has 0 saturated carbocycles. The molecular formula is C12H18N2O2. The number of rotatable bonds is 4. The fraction of sp³-hybridized carbons (Fsp3) is 0.417. The van der Waals surface area contributed by atoms with Crippen LogP contribution in [0.2, 0.25) is 0 Å². The Balaban J connectivity index is 2.60. The minimum Gasteiger partial charge on any atom is -0.508 e. The van der Waals surface area contributed by atoms with Crippen molar-refractivity contribution in [3.05, 3.63) is 29.8 Å². The van der Waals surface area contributed by atoms with Gasteiger partial charge in [0.05, 0.1) is 6.04 Å². The lowest BCUT2D eigenvalue weighted by Crippen LogP contribution is -2.40. The number of aromatic hydroxyl groups is 1. The maximum atomic E-state index is 11.7. The quantitative estimate of drug-likeness (QED) is 0.801. The fourth-order valence-corrected chi connectivity index (χ4v) is 1.41. The molecule has 1 atom stereocenters. The molecule has 0 fully saturated rings. The van der Waals surface area contributed by atoms with Gasteiger partial charge in [0.15, 0.2) is 0 Å². The molecule has 88 valence electrons. The van der Waals surface area contributed by atoms with Crippen molar-refractivity contribution in [3.63, 3.8) is 0 Å². The summed E-state index contributed by atoms with van der Waals surface area (Å²) in [6.07, 6.45) is 0.638. The van der Waals surface area contributed by atoms with Gasteiger partial charge < -0.3 is 15.7 Å². The van der Waals surface area contributed by atoms with Crippen LogP contribution >= 0.6 is 0 Å². The van der Waals surface area contributed by atoms with Gasteiger partial charge in [-0.15, -0.1) is 0 Å². The molecule has 1 rings (SSSR count). The van der Waals surface area contributed by atoms with Crippen LogP contribution in [0.4, 0.5) is 0 Å². The van der Waals surface area contributed by atoms with E-state index in [9.17, 15) is 4.79 Å². The molecule has 0 radical (unpaired) electrons. The average Bonchev–Trinajstić information content (AvgIpc) is 2.30. The third-order valence-corrected chi connectivity index (χ3v) is 2.49. The smallest absolute Gasteiger partial charge is 0.239 e. The minimum atomic E-state index is -0.429. The highest BCUT2D eigenvalue weighted by molar-refractivity contribution is 5.81. The van der Waals surface area contributed by atoms with Crippen LogP contribution < -0.4 is 5.73 Å². The van der Waals surface area contributed by atoms with E-state index in [-0.39, 0.29) is 11.7 Å². The van der Waals surface area contributed by atoms with Crippen LogP contribution in [0, 0.1) is 0 Å². The number of benzene rings is 1. The highest BCUT2D eigenvalue weighted by Crippen LogP contribution is 2.11. The van der Waals surface area contributed by atoms with Gasteiger partial charge in [0.2, 0.25) is 5.91 Å². The topological polar surface area (TPSA) is 66.6 Å². The molecule has 0 spiro atoms. The van der Waals surface area contributed by atoms with E-state index < -0.39 is 6.04 Å². The Morgan fingerprint density at radius 2 is 2.00 bits per heavy atom. The van der Waals surface area contributed by atoms with Gasteiger partial charge in [-0.05, 0) is 24.1 Å². The molecule has 4 heteroatoms. The summed E-state index contributed by atoms with van der Waals surface area (Å²) in [6.45, 7) is 2.39. The molecule has 3 N–H and O–H groups in total. The zero-order chi connectivity index (χ0) is 12.1. The summed E-state index contributed by atoms with van der Waals surface area (Å²) >= 11 is 0. The van der Waals surface area contributed by atoms with Crippen molar-refractivity contribution in [2.45, 2.75) is 25.9 Å². The van der Waals surface area contributed by atoms with E-state index in [1.54, 1.807) is 36.2 Å². The van der Waals surface area contributed by atoms with Gasteiger partial charge >= 0.3 is 0 Å². The summed E-state index contributed by atoms with van der Waals surface area (Å²) in [5, 5.41) is 9.13. The van der Waals surface area contributed by atoms with Crippen LogP contribution in [0.15, 0.2) is 24.3 Å². The maximum Gasteiger partial charge on any atom is 0.239 e. The Hall–Kier alpha value is -1.55. The van der Waals surface area contributed by atoms with Crippen LogP contribution in [0.1, 0.15) is 18.9 Å². The molecule has 0 saturated heterocycles. The summed E-state index contributed by atoms with van der Waals surface area (Å²) < 4.78 is 0. The molecule has 0 aliphatic rings. The number of phenolic OH excluding ortho intramolecular Hbond substituents is 1. The fourth-order valence-electron chi connectivity index (χ4n) is 1.41. The van der Waals surface area contributed by atoms with Gasteiger partial charge in [0.1, 0.15) is 5.75 Å². The zero-order valence-electron chi connectivity index (χ0n) is 9.68. The van der Waals surface area contributed by atoms with Crippen molar-refractivity contribution in [2.24, 2.45) is 5.73 Å². The number of carbonyl (C=O) groups excluding carboxylic acids is 1. The third-order valence-electron chi connectivity index (χ3n) is 2.49. The lowest BCUT2D eigenvalue weighted by Gasteiger charge is -2.20. The Morgan fingerprint density at radius 1 is 1.44 bits per heavy atom. The van der Waals surface area contributed by atoms with Crippen LogP contribution in [0.25, 0.3) is 0 Å². The monoisotopic (exact) mass is 222 g/mol. The number of hydrogen-bond acceptors (Lipinski definition) is 3. The molecular weight excluding hydrogens is 204 g/mol. The van der Waals surface area contributed by atoms with Gasteiger partial charge in [-0.1, -0.05) is 19.1 Å². The highest BCUT2D eigenvalue weighted by Gasteiger charge is 2.15. The van der Waals surface area contributed by atoms with Crippen molar-refractivity contribution >= 4 is 5.91 Å². The van der Waals surface area contributed by atoms with Gasteiger partial charge in [-0.2, -0.15) is 0 Å². The Bertz CT molecular complexity index is 349. The van der Waals surface area contributed by atoms with Crippen molar-refractivity contribution in [2.75, 3.05) is 7.05 Å². The second-order valence-electron chi connectivity index (χ2n) is 3.88. The van der Waals surface area contributed by atoms with Crippen molar-refractivity contribution < 1.29 is 9.90 Å². The van der Waals surface area contributed by atoms with Crippen molar-refractivity contribution in [3.8, 4) is 5.75 Å². The number of hydrogen-bond donors (Lipinski definition) is 2. The van der Waals surface area contributed by atoms with E-state index in [4.69, 9.17) is 10.8 Å². The zero-order valence-corrected chi connectivity index (χ0v) is 9.68. The van der Waals surface area contributed by atoms with Crippen LogP contribution in [0.3, 0.4) is 0 Å². The minimum absolute atomic E-state index is 0.0597. The first kappa shape index (κ1) is 12.5. The van der Waals surface area contributed by atoms with Crippen LogP contribution in [0.5, 0.6) is 5.75 Å². The van der Waals surface area contributed by atoms with E-state index >= 15 is 0 Å². The second kappa shape index (κ2) is 5.51. The molecule has 4 nitrogen and oxygen atoms in total. The largest absolute Gasteiger partial charge is 0.508 e. The molecule has 1 amide bonds. The highest BCUT2D eigenvalue weighted by atomic mass is 16.3. The summed E-state index contributed by atoms with van der Waals surface area (Å²) in [5.74, 6) is 0.165. The summed E-state index contributed by atoms with van der Waals surface area (Å²) in [7, 11) is 1.73. The second-order valence-corrected chi connectivity index (χ2v) is 3.88. The third kappa shape index (κ3) is 3.24. The number of likely N-dealkylation sites (N-methyl/N-ethyl adjacent to an activating group) is 1. The molecule has 1 aromatic rings. The molecule has 0 aromatic heterocycles. The number of carbonyl (C=O) groups is 1. The molecule has 0 aliphatic carbocycles. The Morgan fingerprint density at radius 3 is 2.50 bits per heavy atom. The van der Waals surface area contributed by atoms with Crippen molar-refractivity contribution in [1.82, 2.24) is 4.90 Å².